The van der Waals surface area contributed by atoms with Crippen molar-refractivity contribution < 1.29 is 9.50 Å². The Morgan fingerprint density at radius 1 is 1.42 bits per heavy atom. The minimum atomic E-state index is -0.362. The van der Waals surface area contributed by atoms with Gasteiger partial charge in [0.25, 0.3) is 0 Å². The molecule has 0 aliphatic carbocycles. The van der Waals surface area contributed by atoms with Crippen LogP contribution >= 0.6 is 24.0 Å². The normalized spacial score (nSPS) is 17.9. The zero-order valence-electron chi connectivity index (χ0n) is 10.8. The highest BCUT2D eigenvalue weighted by Gasteiger charge is 2.26. The van der Waals surface area contributed by atoms with Crippen molar-refractivity contribution in [1.82, 2.24) is 10.2 Å². The summed E-state index contributed by atoms with van der Waals surface area (Å²) in [5, 5.41) is 13.2. The van der Waals surface area contributed by atoms with Crippen molar-refractivity contribution in [2.24, 2.45) is 0 Å². The van der Waals surface area contributed by atoms with Gasteiger partial charge >= 0.3 is 0 Å². The average Bonchev–Trinajstić information content (AvgIpc) is 2.40. The van der Waals surface area contributed by atoms with Crippen LogP contribution < -0.4 is 5.32 Å². The third-order valence-electron chi connectivity index (χ3n) is 3.42. The molecule has 108 valence electrons. The van der Waals surface area contributed by atoms with Crippen molar-refractivity contribution in [3.8, 4) is 0 Å². The lowest BCUT2D eigenvalue weighted by molar-refractivity contribution is 0.108. The van der Waals surface area contributed by atoms with Gasteiger partial charge in [-0.15, -0.1) is 12.4 Å². The largest absolute Gasteiger partial charge is 0.394 e. The fraction of sp³-hybridized carbons (Fsp3) is 0.538. The van der Waals surface area contributed by atoms with Crippen molar-refractivity contribution in [3.05, 3.63) is 34.1 Å². The van der Waals surface area contributed by atoms with Crippen LogP contribution in [0.2, 0.25) is 5.02 Å². The topological polar surface area (TPSA) is 35.5 Å². The Morgan fingerprint density at radius 2 is 2.05 bits per heavy atom. The van der Waals surface area contributed by atoms with Gasteiger partial charge in [0.1, 0.15) is 5.82 Å². The number of nitrogens with one attached hydrogen (secondary N) is 1. The SMILES string of the molecule is Cc1ccc(F)c([C@H](CO)N2CCNCC2)c1Cl.Cl. The molecular formula is C13H19Cl2FN2O. The van der Waals surface area contributed by atoms with Gasteiger partial charge < -0.3 is 10.4 Å². The summed E-state index contributed by atoms with van der Waals surface area (Å²) in [6, 6.07) is 2.72. The van der Waals surface area contributed by atoms with Gasteiger partial charge in [-0.05, 0) is 18.6 Å². The molecule has 1 aliphatic heterocycles. The number of piperazine rings is 1. The maximum Gasteiger partial charge on any atom is 0.129 e. The van der Waals surface area contributed by atoms with Crippen LogP contribution in [0.1, 0.15) is 17.2 Å². The third kappa shape index (κ3) is 3.58. The zero-order chi connectivity index (χ0) is 13.1. The number of benzene rings is 1. The standard InChI is InChI=1S/C13H18ClFN2O.ClH/c1-9-2-3-10(15)12(13(9)14)11(8-18)17-6-4-16-5-7-17;/h2-3,11,16,18H,4-8H2,1H3;1H/t11-;/m0./s1. The van der Waals surface area contributed by atoms with Gasteiger partial charge in [0.2, 0.25) is 0 Å². The number of hydrogen-bond acceptors (Lipinski definition) is 3. The van der Waals surface area contributed by atoms with E-state index in [0.29, 0.717) is 10.6 Å². The fourth-order valence-electron chi connectivity index (χ4n) is 2.37. The molecule has 1 heterocycles. The van der Waals surface area contributed by atoms with Crippen molar-refractivity contribution in [2.75, 3.05) is 32.8 Å². The lowest BCUT2D eigenvalue weighted by Gasteiger charge is -2.34. The third-order valence-corrected chi connectivity index (χ3v) is 3.92. The van der Waals surface area contributed by atoms with E-state index in [0.717, 1.165) is 31.7 Å². The van der Waals surface area contributed by atoms with Gasteiger partial charge in [-0.1, -0.05) is 17.7 Å². The molecule has 0 bridgehead atoms. The second kappa shape index (κ2) is 7.41. The van der Waals surface area contributed by atoms with E-state index in [1.54, 1.807) is 6.07 Å². The minimum absolute atomic E-state index is 0. The van der Waals surface area contributed by atoms with Gasteiger partial charge in [-0.3, -0.25) is 4.90 Å². The molecule has 1 saturated heterocycles. The van der Waals surface area contributed by atoms with Crippen LogP contribution in [-0.2, 0) is 0 Å². The second-order valence-electron chi connectivity index (χ2n) is 4.58. The summed E-state index contributed by atoms with van der Waals surface area (Å²) in [5.74, 6) is -0.344. The van der Waals surface area contributed by atoms with Gasteiger partial charge in [-0.25, -0.2) is 4.39 Å². The van der Waals surface area contributed by atoms with Gasteiger partial charge in [0, 0.05) is 31.7 Å². The second-order valence-corrected chi connectivity index (χ2v) is 4.95. The van der Waals surface area contributed by atoms with E-state index in [1.807, 2.05) is 6.92 Å². The quantitative estimate of drug-likeness (QED) is 0.898. The maximum atomic E-state index is 14.0. The van der Waals surface area contributed by atoms with E-state index >= 15 is 0 Å². The van der Waals surface area contributed by atoms with Crippen LogP contribution in [0.4, 0.5) is 4.39 Å². The predicted octanol–water partition coefficient (Wildman–Crippen LogP) is 2.15. The monoisotopic (exact) mass is 308 g/mol. The predicted molar refractivity (Wildman–Crippen MR) is 77.7 cm³/mol. The molecule has 0 radical (unpaired) electrons. The molecule has 1 aromatic carbocycles. The van der Waals surface area contributed by atoms with Gasteiger partial charge in [-0.2, -0.15) is 0 Å². The molecule has 19 heavy (non-hydrogen) atoms. The Balaban J connectivity index is 0.00000180. The maximum absolute atomic E-state index is 14.0. The first-order chi connectivity index (χ1) is 8.65. The first-order valence-electron chi connectivity index (χ1n) is 6.15. The minimum Gasteiger partial charge on any atom is -0.394 e. The highest BCUT2D eigenvalue weighted by molar-refractivity contribution is 6.32. The molecule has 1 atom stereocenters. The Labute approximate surface area is 124 Å². The lowest BCUT2D eigenvalue weighted by Crippen LogP contribution is -2.46. The van der Waals surface area contributed by atoms with Crippen molar-refractivity contribution in [3.63, 3.8) is 0 Å². The van der Waals surface area contributed by atoms with Crippen LogP contribution in [0, 0.1) is 12.7 Å². The lowest BCUT2D eigenvalue weighted by atomic mass is 10.0. The van der Waals surface area contributed by atoms with E-state index in [1.165, 1.54) is 6.07 Å². The molecule has 3 nitrogen and oxygen atoms in total. The Morgan fingerprint density at radius 3 is 2.63 bits per heavy atom. The first kappa shape index (κ1) is 16.7. The summed E-state index contributed by atoms with van der Waals surface area (Å²) in [7, 11) is 0. The smallest absolute Gasteiger partial charge is 0.129 e. The summed E-state index contributed by atoms with van der Waals surface area (Å²) < 4.78 is 14.0. The summed E-state index contributed by atoms with van der Waals surface area (Å²) in [4.78, 5) is 2.07. The summed E-state index contributed by atoms with van der Waals surface area (Å²) in [6.45, 7) is 4.99. The number of rotatable bonds is 3. The van der Waals surface area contributed by atoms with E-state index in [4.69, 9.17) is 11.6 Å². The van der Waals surface area contributed by atoms with E-state index in [-0.39, 0.29) is 30.9 Å². The Kier molecular flexibility index (Phi) is 6.50. The van der Waals surface area contributed by atoms with E-state index < -0.39 is 0 Å². The van der Waals surface area contributed by atoms with Crippen molar-refractivity contribution in [2.45, 2.75) is 13.0 Å². The van der Waals surface area contributed by atoms with Crippen LogP contribution in [-0.4, -0.2) is 42.8 Å². The van der Waals surface area contributed by atoms with Crippen molar-refractivity contribution in [1.29, 1.82) is 0 Å². The van der Waals surface area contributed by atoms with E-state index in [9.17, 15) is 9.50 Å². The average molecular weight is 309 g/mol. The number of aryl methyl sites for hydroxylation is 1. The first-order valence-corrected chi connectivity index (χ1v) is 6.53. The Hall–Kier alpha value is -0.390. The molecule has 2 N–H and O–H groups in total. The van der Waals surface area contributed by atoms with Crippen LogP contribution in [0.5, 0.6) is 0 Å². The van der Waals surface area contributed by atoms with Crippen molar-refractivity contribution >= 4 is 24.0 Å². The molecule has 0 amide bonds. The number of nitrogens with zero attached hydrogens (tertiary/aromatic N) is 1. The molecule has 0 saturated carbocycles. The highest BCUT2D eigenvalue weighted by Crippen LogP contribution is 2.32. The number of hydrogen-bond donors (Lipinski definition) is 2. The van der Waals surface area contributed by atoms with Crippen LogP contribution in [0.15, 0.2) is 12.1 Å². The highest BCUT2D eigenvalue weighted by atomic mass is 35.5. The van der Waals surface area contributed by atoms with Gasteiger partial charge in [0.15, 0.2) is 0 Å². The summed E-state index contributed by atoms with van der Waals surface area (Å²) >= 11 is 6.20. The summed E-state index contributed by atoms with van der Waals surface area (Å²) in [6.07, 6.45) is 0. The molecular weight excluding hydrogens is 290 g/mol. The molecule has 6 heteroatoms. The van der Waals surface area contributed by atoms with Crippen LogP contribution in [0.25, 0.3) is 0 Å². The molecule has 0 spiro atoms. The fourth-order valence-corrected chi connectivity index (χ4v) is 2.65. The number of aliphatic hydroxyl groups excluding tert-OH is 1. The molecule has 0 aromatic heterocycles. The van der Waals surface area contributed by atoms with Gasteiger partial charge in [0.05, 0.1) is 17.7 Å². The van der Waals surface area contributed by atoms with E-state index in [2.05, 4.69) is 10.2 Å². The summed E-state index contributed by atoms with van der Waals surface area (Å²) in [5.41, 5.74) is 1.25. The number of aliphatic hydroxyl groups is 1. The number of halogens is 3. The molecule has 1 aliphatic rings. The molecule has 1 aromatic rings. The van der Waals surface area contributed by atoms with Crippen LogP contribution in [0.3, 0.4) is 0 Å². The molecule has 1 fully saturated rings. The molecule has 2 rings (SSSR count). The zero-order valence-corrected chi connectivity index (χ0v) is 12.4. The molecule has 0 unspecified atom stereocenters. The Bertz CT molecular complexity index is 425.